The summed E-state index contributed by atoms with van der Waals surface area (Å²) in [6.45, 7) is 3.09. The Morgan fingerprint density at radius 2 is 2.00 bits per heavy atom. The van der Waals surface area contributed by atoms with Crippen LogP contribution in [0.15, 0.2) is 42.6 Å². The van der Waals surface area contributed by atoms with Gasteiger partial charge in [-0.05, 0) is 43.1 Å². The summed E-state index contributed by atoms with van der Waals surface area (Å²) in [7, 11) is 0. The fraction of sp³-hybridized carbons (Fsp3) is 0.312. The number of rotatable bonds is 6. The lowest BCUT2D eigenvalue weighted by Gasteiger charge is -2.19. The van der Waals surface area contributed by atoms with Crippen LogP contribution in [0.25, 0.3) is 0 Å². The van der Waals surface area contributed by atoms with E-state index in [-0.39, 0.29) is 6.04 Å². The van der Waals surface area contributed by atoms with E-state index in [1.54, 1.807) is 0 Å². The molecule has 0 spiro atoms. The van der Waals surface area contributed by atoms with E-state index in [1.165, 1.54) is 0 Å². The van der Waals surface area contributed by atoms with E-state index in [0.29, 0.717) is 10.0 Å². The zero-order valence-electron chi connectivity index (χ0n) is 11.4. The van der Waals surface area contributed by atoms with Crippen molar-refractivity contribution in [1.82, 2.24) is 10.3 Å². The summed E-state index contributed by atoms with van der Waals surface area (Å²) < 4.78 is 0. The minimum absolute atomic E-state index is 0.145. The number of halogens is 2. The second-order valence-electron chi connectivity index (χ2n) is 4.68. The number of hydrogen-bond acceptors (Lipinski definition) is 2. The molecule has 0 fully saturated rings. The zero-order valence-corrected chi connectivity index (χ0v) is 13.0. The maximum absolute atomic E-state index is 6.28. The topological polar surface area (TPSA) is 24.9 Å². The lowest BCUT2D eigenvalue weighted by Crippen LogP contribution is -2.25. The van der Waals surface area contributed by atoms with Gasteiger partial charge in [-0.15, -0.1) is 0 Å². The molecule has 1 aromatic heterocycles. The van der Waals surface area contributed by atoms with Crippen molar-refractivity contribution in [2.24, 2.45) is 0 Å². The van der Waals surface area contributed by atoms with Gasteiger partial charge in [0.15, 0.2) is 0 Å². The number of pyridine rings is 1. The second-order valence-corrected chi connectivity index (χ2v) is 5.46. The molecule has 0 aliphatic rings. The zero-order chi connectivity index (χ0) is 14.4. The molecule has 2 aromatic rings. The van der Waals surface area contributed by atoms with Gasteiger partial charge in [-0.3, -0.25) is 4.98 Å². The minimum atomic E-state index is 0.145. The quantitative estimate of drug-likeness (QED) is 0.838. The van der Waals surface area contributed by atoms with E-state index in [4.69, 9.17) is 23.2 Å². The van der Waals surface area contributed by atoms with Crippen LogP contribution in [0.2, 0.25) is 10.0 Å². The summed E-state index contributed by atoms with van der Waals surface area (Å²) in [4.78, 5) is 4.44. The molecule has 0 radical (unpaired) electrons. The third kappa shape index (κ3) is 3.95. The fourth-order valence-corrected chi connectivity index (χ4v) is 2.51. The first-order valence-electron chi connectivity index (χ1n) is 6.79. The van der Waals surface area contributed by atoms with Gasteiger partial charge in [0.2, 0.25) is 0 Å². The molecule has 1 unspecified atom stereocenters. The molecule has 0 aliphatic heterocycles. The molecule has 1 aromatic carbocycles. The molecular weight excluding hydrogens is 291 g/mol. The average molecular weight is 309 g/mol. The van der Waals surface area contributed by atoms with E-state index in [9.17, 15) is 0 Å². The van der Waals surface area contributed by atoms with Crippen molar-refractivity contribution in [2.45, 2.75) is 25.8 Å². The molecule has 0 saturated heterocycles. The van der Waals surface area contributed by atoms with E-state index in [0.717, 1.165) is 30.6 Å². The predicted octanol–water partition coefficient (Wildman–Crippen LogP) is 4.67. The number of benzene rings is 1. The summed E-state index contributed by atoms with van der Waals surface area (Å²) in [6, 6.07) is 11.9. The summed E-state index contributed by atoms with van der Waals surface area (Å²) >= 11 is 12.4. The van der Waals surface area contributed by atoms with E-state index in [2.05, 4.69) is 17.2 Å². The van der Waals surface area contributed by atoms with Crippen molar-refractivity contribution in [3.63, 3.8) is 0 Å². The molecular formula is C16H18Cl2N2. The molecule has 0 aliphatic carbocycles. The van der Waals surface area contributed by atoms with Gasteiger partial charge in [-0.1, -0.05) is 48.3 Å². The monoisotopic (exact) mass is 308 g/mol. The Hall–Kier alpha value is -1.09. The molecule has 2 nitrogen and oxygen atoms in total. The first kappa shape index (κ1) is 15.3. The Bertz CT molecular complexity index is 543. The van der Waals surface area contributed by atoms with Crippen LogP contribution < -0.4 is 5.32 Å². The van der Waals surface area contributed by atoms with Crippen LogP contribution in [0.1, 0.15) is 30.6 Å². The summed E-state index contributed by atoms with van der Waals surface area (Å²) in [6.07, 6.45) is 3.67. The van der Waals surface area contributed by atoms with Crippen LogP contribution in [0.5, 0.6) is 0 Å². The van der Waals surface area contributed by atoms with Gasteiger partial charge in [0.25, 0.3) is 0 Å². The highest BCUT2D eigenvalue weighted by Gasteiger charge is 2.15. The molecule has 0 amide bonds. The van der Waals surface area contributed by atoms with Crippen molar-refractivity contribution in [3.8, 4) is 0 Å². The Labute approximate surface area is 130 Å². The number of nitrogens with zero attached hydrogens (tertiary/aromatic N) is 1. The smallest absolute Gasteiger partial charge is 0.0625 e. The molecule has 0 bridgehead atoms. The first-order valence-corrected chi connectivity index (χ1v) is 7.55. The molecule has 2 rings (SSSR count). The van der Waals surface area contributed by atoms with Gasteiger partial charge in [0.1, 0.15) is 0 Å². The minimum Gasteiger partial charge on any atom is -0.308 e. The Morgan fingerprint density at radius 1 is 1.15 bits per heavy atom. The van der Waals surface area contributed by atoms with Gasteiger partial charge in [-0.2, -0.15) is 0 Å². The SMILES string of the molecule is CCCNC(Cc1cccc(Cl)c1Cl)c1ccccn1. The van der Waals surface area contributed by atoms with Gasteiger partial charge in [0, 0.05) is 6.20 Å². The van der Waals surface area contributed by atoms with E-state index in [1.807, 2.05) is 42.6 Å². The highest BCUT2D eigenvalue weighted by molar-refractivity contribution is 6.42. The van der Waals surface area contributed by atoms with Gasteiger partial charge >= 0.3 is 0 Å². The third-order valence-corrected chi connectivity index (χ3v) is 4.00. The number of hydrogen-bond donors (Lipinski definition) is 1. The van der Waals surface area contributed by atoms with Gasteiger partial charge in [-0.25, -0.2) is 0 Å². The standard InChI is InChI=1S/C16H18Cl2N2/c1-2-9-19-15(14-8-3-4-10-20-14)11-12-6-5-7-13(17)16(12)18/h3-8,10,15,19H,2,9,11H2,1H3. The van der Waals surface area contributed by atoms with E-state index >= 15 is 0 Å². The molecule has 1 atom stereocenters. The fourth-order valence-electron chi connectivity index (χ4n) is 2.11. The third-order valence-electron chi connectivity index (χ3n) is 3.14. The van der Waals surface area contributed by atoms with Gasteiger partial charge < -0.3 is 5.32 Å². The highest BCUT2D eigenvalue weighted by Crippen LogP contribution is 2.28. The van der Waals surface area contributed by atoms with Crippen LogP contribution in [0.4, 0.5) is 0 Å². The normalized spacial score (nSPS) is 12.3. The summed E-state index contributed by atoms with van der Waals surface area (Å²) in [5, 5.41) is 4.75. The van der Waals surface area contributed by atoms with Crippen LogP contribution in [0.3, 0.4) is 0 Å². The molecule has 106 valence electrons. The van der Waals surface area contributed by atoms with E-state index < -0.39 is 0 Å². The van der Waals surface area contributed by atoms with Crippen LogP contribution in [-0.2, 0) is 6.42 Å². The number of nitrogens with one attached hydrogen (secondary N) is 1. The van der Waals surface area contributed by atoms with Crippen molar-refractivity contribution in [1.29, 1.82) is 0 Å². The largest absolute Gasteiger partial charge is 0.308 e. The summed E-state index contributed by atoms with van der Waals surface area (Å²) in [5.41, 5.74) is 2.07. The first-order chi connectivity index (χ1) is 9.72. The van der Waals surface area contributed by atoms with Crippen molar-refractivity contribution < 1.29 is 0 Å². The molecule has 4 heteroatoms. The van der Waals surface area contributed by atoms with Gasteiger partial charge in [0.05, 0.1) is 21.8 Å². The Kier molecular flexibility index (Phi) is 5.84. The second kappa shape index (κ2) is 7.63. The van der Waals surface area contributed by atoms with Crippen LogP contribution >= 0.6 is 23.2 Å². The number of aromatic nitrogens is 1. The van der Waals surface area contributed by atoms with Crippen LogP contribution in [0, 0.1) is 0 Å². The summed E-state index contributed by atoms with van der Waals surface area (Å²) in [5.74, 6) is 0. The van der Waals surface area contributed by atoms with Crippen molar-refractivity contribution >= 4 is 23.2 Å². The average Bonchev–Trinajstić information content (AvgIpc) is 2.48. The maximum Gasteiger partial charge on any atom is 0.0625 e. The predicted molar refractivity (Wildman–Crippen MR) is 85.4 cm³/mol. The van der Waals surface area contributed by atoms with Crippen molar-refractivity contribution in [3.05, 3.63) is 63.9 Å². The molecule has 20 heavy (non-hydrogen) atoms. The molecule has 1 N–H and O–H groups in total. The Morgan fingerprint density at radius 3 is 2.70 bits per heavy atom. The Balaban J connectivity index is 2.21. The molecule has 0 saturated carbocycles. The van der Waals surface area contributed by atoms with Crippen LogP contribution in [-0.4, -0.2) is 11.5 Å². The molecule has 1 heterocycles. The van der Waals surface area contributed by atoms with Crippen molar-refractivity contribution in [2.75, 3.05) is 6.54 Å². The lowest BCUT2D eigenvalue weighted by molar-refractivity contribution is 0.518. The maximum atomic E-state index is 6.28. The lowest BCUT2D eigenvalue weighted by atomic mass is 10.0. The highest BCUT2D eigenvalue weighted by atomic mass is 35.5.